The number of para-hydroxylation sites is 1. The molecule has 2 aliphatic heterocycles. The molecule has 0 spiro atoms. The van der Waals surface area contributed by atoms with E-state index in [0.29, 0.717) is 26.2 Å². The average molecular weight is 317 g/mol. The summed E-state index contributed by atoms with van der Waals surface area (Å²) in [7, 11) is 1.60. The number of rotatable bonds is 3. The molecule has 23 heavy (non-hydrogen) atoms. The van der Waals surface area contributed by atoms with Crippen LogP contribution in [0.15, 0.2) is 24.3 Å². The Hall–Kier alpha value is -1.92. The molecule has 0 saturated carbocycles. The van der Waals surface area contributed by atoms with E-state index in [-0.39, 0.29) is 11.8 Å². The Bertz CT molecular complexity index is 590. The summed E-state index contributed by atoms with van der Waals surface area (Å²) in [5, 5.41) is 2.60. The van der Waals surface area contributed by atoms with Crippen molar-refractivity contribution in [2.45, 2.75) is 18.9 Å². The molecule has 6 nitrogen and oxygen atoms in total. The van der Waals surface area contributed by atoms with E-state index in [4.69, 9.17) is 4.74 Å². The van der Waals surface area contributed by atoms with Crippen LogP contribution in [0.1, 0.15) is 12.0 Å². The van der Waals surface area contributed by atoms with Gasteiger partial charge in [0, 0.05) is 32.4 Å². The number of anilines is 1. The number of morpholine rings is 1. The molecule has 1 saturated heterocycles. The lowest BCUT2D eigenvalue weighted by Crippen LogP contribution is -2.52. The van der Waals surface area contributed by atoms with Crippen molar-refractivity contribution in [3.63, 3.8) is 0 Å². The van der Waals surface area contributed by atoms with E-state index < -0.39 is 6.10 Å². The lowest BCUT2D eigenvalue weighted by Gasteiger charge is -2.34. The van der Waals surface area contributed by atoms with Crippen molar-refractivity contribution in [1.82, 2.24) is 10.2 Å². The first-order valence-electron chi connectivity index (χ1n) is 8.13. The molecule has 0 aromatic heterocycles. The summed E-state index contributed by atoms with van der Waals surface area (Å²) >= 11 is 0. The molecule has 0 aliphatic carbocycles. The molecule has 2 amide bonds. The molecular formula is C17H23N3O3. The summed E-state index contributed by atoms with van der Waals surface area (Å²) in [4.78, 5) is 28.3. The molecule has 0 radical (unpaired) electrons. The third-order valence-corrected chi connectivity index (χ3v) is 4.46. The molecule has 2 heterocycles. The quantitative estimate of drug-likeness (QED) is 0.877. The number of hydrogen-bond donors (Lipinski definition) is 1. The van der Waals surface area contributed by atoms with Gasteiger partial charge in [0.2, 0.25) is 11.8 Å². The summed E-state index contributed by atoms with van der Waals surface area (Å²) in [6.45, 7) is 2.70. The summed E-state index contributed by atoms with van der Waals surface area (Å²) in [6, 6.07) is 8.09. The molecule has 1 atom stereocenters. The van der Waals surface area contributed by atoms with Gasteiger partial charge in [0.05, 0.1) is 13.2 Å². The maximum atomic E-state index is 12.7. The molecule has 0 bridgehead atoms. The summed E-state index contributed by atoms with van der Waals surface area (Å²) < 4.78 is 5.47. The van der Waals surface area contributed by atoms with Gasteiger partial charge in [-0.1, -0.05) is 18.2 Å². The Kier molecular flexibility index (Phi) is 4.93. The minimum Gasteiger partial charge on any atom is -0.366 e. The highest BCUT2D eigenvalue weighted by molar-refractivity contribution is 5.96. The number of amides is 2. The molecule has 3 rings (SSSR count). The number of nitrogens with one attached hydrogen (secondary N) is 1. The Balaban J connectivity index is 1.65. The van der Waals surface area contributed by atoms with Crippen molar-refractivity contribution < 1.29 is 14.3 Å². The van der Waals surface area contributed by atoms with Gasteiger partial charge < -0.3 is 15.0 Å². The smallest absolute Gasteiger partial charge is 0.250 e. The topological polar surface area (TPSA) is 61.9 Å². The van der Waals surface area contributed by atoms with Gasteiger partial charge in [-0.05, 0) is 24.5 Å². The van der Waals surface area contributed by atoms with Crippen LogP contribution in [0.5, 0.6) is 0 Å². The highest BCUT2D eigenvalue weighted by Crippen LogP contribution is 2.26. The highest BCUT2D eigenvalue weighted by Gasteiger charge is 2.29. The predicted molar refractivity (Wildman–Crippen MR) is 87.4 cm³/mol. The molecule has 1 N–H and O–H groups in total. The molecular weight excluding hydrogens is 294 g/mol. The van der Waals surface area contributed by atoms with E-state index in [1.807, 2.05) is 28.0 Å². The lowest BCUT2D eigenvalue weighted by atomic mass is 10.0. The summed E-state index contributed by atoms with van der Waals surface area (Å²) in [6.07, 6.45) is 1.53. The van der Waals surface area contributed by atoms with Crippen LogP contribution in [0, 0.1) is 0 Å². The van der Waals surface area contributed by atoms with Crippen molar-refractivity contribution in [1.29, 1.82) is 0 Å². The Morgan fingerprint density at radius 1 is 1.30 bits per heavy atom. The fraction of sp³-hybridized carbons (Fsp3) is 0.529. The van der Waals surface area contributed by atoms with Gasteiger partial charge in [-0.25, -0.2) is 0 Å². The van der Waals surface area contributed by atoms with E-state index in [9.17, 15) is 9.59 Å². The number of carbonyl (C=O) groups is 2. The van der Waals surface area contributed by atoms with Crippen LogP contribution in [-0.4, -0.2) is 62.7 Å². The van der Waals surface area contributed by atoms with Crippen molar-refractivity contribution >= 4 is 17.5 Å². The van der Waals surface area contributed by atoms with Gasteiger partial charge in [0.25, 0.3) is 0 Å². The Morgan fingerprint density at radius 2 is 2.13 bits per heavy atom. The van der Waals surface area contributed by atoms with Crippen molar-refractivity contribution in [2.24, 2.45) is 0 Å². The van der Waals surface area contributed by atoms with Gasteiger partial charge in [-0.15, -0.1) is 0 Å². The first kappa shape index (κ1) is 16.0. The SMILES string of the molecule is CNC(=O)C1CN(CC(=O)N2CCCc3ccccc32)CCO1. The molecule has 1 unspecified atom stereocenters. The Labute approximate surface area is 136 Å². The number of fused-ring (bicyclic) bond motifs is 1. The number of nitrogens with zero attached hydrogens (tertiary/aromatic N) is 2. The standard InChI is InChI=1S/C17H23N3O3/c1-18-17(22)15-11-19(9-10-23-15)12-16(21)20-8-4-6-13-5-2-3-7-14(13)20/h2-3,5,7,15H,4,6,8-12H2,1H3,(H,18,22). The van der Waals surface area contributed by atoms with Crippen LogP contribution < -0.4 is 10.2 Å². The number of carbonyl (C=O) groups excluding carboxylic acids is 2. The van der Waals surface area contributed by atoms with Crippen molar-refractivity contribution in [2.75, 3.05) is 44.7 Å². The van der Waals surface area contributed by atoms with Crippen LogP contribution in [-0.2, 0) is 20.7 Å². The normalized spacial score (nSPS) is 21.6. The fourth-order valence-corrected chi connectivity index (χ4v) is 3.24. The van der Waals surface area contributed by atoms with Crippen LogP contribution in [0.4, 0.5) is 5.69 Å². The third-order valence-electron chi connectivity index (χ3n) is 4.46. The van der Waals surface area contributed by atoms with E-state index >= 15 is 0 Å². The number of hydrogen-bond acceptors (Lipinski definition) is 4. The van der Waals surface area contributed by atoms with Crippen LogP contribution in [0.3, 0.4) is 0 Å². The number of ether oxygens (including phenoxy) is 1. The second-order valence-electron chi connectivity index (χ2n) is 5.99. The zero-order chi connectivity index (χ0) is 16.2. The fourth-order valence-electron chi connectivity index (χ4n) is 3.24. The minimum atomic E-state index is -0.491. The second-order valence-corrected chi connectivity index (χ2v) is 5.99. The Morgan fingerprint density at radius 3 is 2.96 bits per heavy atom. The first-order chi connectivity index (χ1) is 11.2. The zero-order valence-electron chi connectivity index (χ0n) is 13.5. The molecule has 1 aromatic carbocycles. The molecule has 124 valence electrons. The van der Waals surface area contributed by atoms with Crippen LogP contribution >= 0.6 is 0 Å². The molecule has 2 aliphatic rings. The lowest BCUT2D eigenvalue weighted by molar-refractivity contribution is -0.139. The van der Waals surface area contributed by atoms with Crippen LogP contribution in [0.25, 0.3) is 0 Å². The molecule has 1 aromatic rings. The van der Waals surface area contributed by atoms with E-state index in [1.54, 1.807) is 7.05 Å². The van der Waals surface area contributed by atoms with Gasteiger partial charge in [0.1, 0.15) is 6.10 Å². The van der Waals surface area contributed by atoms with Gasteiger partial charge in [-0.2, -0.15) is 0 Å². The monoisotopic (exact) mass is 317 g/mol. The van der Waals surface area contributed by atoms with Gasteiger partial charge >= 0.3 is 0 Å². The zero-order valence-corrected chi connectivity index (χ0v) is 13.5. The van der Waals surface area contributed by atoms with Gasteiger partial charge in [-0.3, -0.25) is 14.5 Å². The highest BCUT2D eigenvalue weighted by atomic mass is 16.5. The third kappa shape index (κ3) is 3.54. The summed E-state index contributed by atoms with van der Waals surface area (Å²) in [5.41, 5.74) is 2.26. The maximum Gasteiger partial charge on any atom is 0.250 e. The number of aryl methyl sites for hydroxylation is 1. The number of benzene rings is 1. The van der Waals surface area contributed by atoms with Crippen LogP contribution in [0.2, 0.25) is 0 Å². The maximum absolute atomic E-state index is 12.7. The summed E-state index contributed by atoms with van der Waals surface area (Å²) in [5.74, 6) is -0.0415. The largest absolute Gasteiger partial charge is 0.366 e. The molecule has 1 fully saturated rings. The average Bonchev–Trinajstić information content (AvgIpc) is 2.60. The first-order valence-corrected chi connectivity index (χ1v) is 8.13. The van der Waals surface area contributed by atoms with Crippen molar-refractivity contribution in [3.05, 3.63) is 29.8 Å². The van der Waals surface area contributed by atoms with Crippen molar-refractivity contribution in [3.8, 4) is 0 Å². The van der Waals surface area contributed by atoms with Gasteiger partial charge in [0.15, 0.2) is 0 Å². The second kappa shape index (κ2) is 7.10. The predicted octanol–water partition coefficient (Wildman–Crippen LogP) is 0.413. The molecule has 6 heteroatoms. The van der Waals surface area contributed by atoms with E-state index in [1.165, 1.54) is 5.56 Å². The van der Waals surface area contributed by atoms with E-state index in [0.717, 1.165) is 25.1 Å². The minimum absolute atomic E-state index is 0.0923. The number of likely N-dealkylation sites (N-methyl/N-ethyl adjacent to an activating group) is 1. The van der Waals surface area contributed by atoms with E-state index in [2.05, 4.69) is 11.4 Å².